The molecule has 1 aromatic carbocycles. The third-order valence-corrected chi connectivity index (χ3v) is 3.19. The first-order valence-electron chi connectivity index (χ1n) is 3.92. The lowest BCUT2D eigenvalue weighted by Crippen LogP contribution is -2.19. The summed E-state index contributed by atoms with van der Waals surface area (Å²) in [6.07, 6.45) is 0. The van der Waals surface area contributed by atoms with Crippen LogP contribution in [0, 0.1) is 6.92 Å². The van der Waals surface area contributed by atoms with E-state index in [0.717, 1.165) is 0 Å². The van der Waals surface area contributed by atoms with Crippen molar-refractivity contribution in [3.05, 3.63) is 23.8 Å². The summed E-state index contributed by atoms with van der Waals surface area (Å²) in [5.74, 6) is 0. The van der Waals surface area contributed by atoms with Crippen molar-refractivity contribution < 1.29 is 13.2 Å². The average Bonchev–Trinajstić information content (AvgIpc) is 1.99. The number of urea groups is 1. The Morgan fingerprint density at radius 1 is 1.47 bits per heavy atom. The molecule has 0 aromatic heterocycles. The van der Waals surface area contributed by atoms with Crippen LogP contribution in [0.15, 0.2) is 23.1 Å². The zero-order valence-electron chi connectivity index (χ0n) is 7.82. The van der Waals surface area contributed by atoms with Crippen LogP contribution >= 0.6 is 10.7 Å². The van der Waals surface area contributed by atoms with Gasteiger partial charge >= 0.3 is 6.03 Å². The fourth-order valence-corrected chi connectivity index (χ4v) is 2.34. The minimum atomic E-state index is -3.75. The first-order valence-corrected chi connectivity index (χ1v) is 6.23. The minimum Gasteiger partial charge on any atom is -0.351 e. The fraction of sp³-hybridized carbons (Fsp3) is 0.125. The molecule has 0 aliphatic rings. The van der Waals surface area contributed by atoms with Gasteiger partial charge in [0.05, 0.1) is 4.90 Å². The highest BCUT2D eigenvalue weighted by molar-refractivity contribution is 8.13. The van der Waals surface area contributed by atoms with Crippen LogP contribution in [0.3, 0.4) is 0 Å². The lowest BCUT2D eigenvalue weighted by molar-refractivity contribution is 0.259. The number of anilines is 1. The molecule has 3 N–H and O–H groups in total. The van der Waals surface area contributed by atoms with Crippen LogP contribution in [0.4, 0.5) is 10.5 Å². The van der Waals surface area contributed by atoms with E-state index in [4.69, 9.17) is 16.4 Å². The molecule has 15 heavy (non-hydrogen) atoms. The monoisotopic (exact) mass is 248 g/mol. The third-order valence-electron chi connectivity index (χ3n) is 1.71. The van der Waals surface area contributed by atoms with Crippen LogP contribution in [0.2, 0.25) is 0 Å². The first kappa shape index (κ1) is 11.8. The molecule has 82 valence electrons. The Hall–Kier alpha value is -1.27. The van der Waals surface area contributed by atoms with Gasteiger partial charge in [0.1, 0.15) is 0 Å². The molecule has 0 radical (unpaired) electrons. The summed E-state index contributed by atoms with van der Waals surface area (Å²) in [7, 11) is 1.43. The number of aryl methyl sites for hydroxylation is 1. The van der Waals surface area contributed by atoms with E-state index in [0.29, 0.717) is 11.3 Å². The normalized spacial score (nSPS) is 11.1. The van der Waals surface area contributed by atoms with Gasteiger partial charge in [-0.25, -0.2) is 13.2 Å². The number of nitrogens with one attached hydrogen (secondary N) is 1. The number of hydrogen-bond donors (Lipinski definition) is 2. The van der Waals surface area contributed by atoms with Crippen LogP contribution in [-0.2, 0) is 9.05 Å². The second kappa shape index (κ2) is 4.08. The number of primary amides is 1. The lowest BCUT2D eigenvalue weighted by Gasteiger charge is -2.05. The molecule has 0 unspecified atom stereocenters. The van der Waals surface area contributed by atoms with Crippen molar-refractivity contribution in [2.24, 2.45) is 5.73 Å². The molecule has 0 spiro atoms. The summed E-state index contributed by atoms with van der Waals surface area (Å²) in [5, 5.41) is 2.33. The summed E-state index contributed by atoms with van der Waals surface area (Å²) in [4.78, 5) is 10.5. The number of rotatable bonds is 2. The maximum atomic E-state index is 11.0. The average molecular weight is 249 g/mol. The van der Waals surface area contributed by atoms with Gasteiger partial charge in [0.2, 0.25) is 0 Å². The van der Waals surface area contributed by atoms with E-state index in [1.54, 1.807) is 6.92 Å². The highest BCUT2D eigenvalue weighted by Crippen LogP contribution is 2.22. The van der Waals surface area contributed by atoms with Gasteiger partial charge in [-0.1, -0.05) is 0 Å². The Bertz CT molecular complexity index is 499. The number of amides is 2. The Morgan fingerprint density at radius 2 is 2.07 bits per heavy atom. The second-order valence-electron chi connectivity index (χ2n) is 2.91. The predicted molar refractivity (Wildman–Crippen MR) is 57.4 cm³/mol. The van der Waals surface area contributed by atoms with E-state index in [1.807, 2.05) is 0 Å². The zero-order valence-corrected chi connectivity index (χ0v) is 9.39. The summed E-state index contributed by atoms with van der Waals surface area (Å²) in [5.41, 5.74) is 5.77. The van der Waals surface area contributed by atoms with Crippen LogP contribution < -0.4 is 11.1 Å². The highest BCUT2D eigenvalue weighted by atomic mass is 35.7. The topological polar surface area (TPSA) is 89.3 Å². The summed E-state index contributed by atoms with van der Waals surface area (Å²) in [6, 6.07) is 3.48. The molecule has 7 heteroatoms. The van der Waals surface area contributed by atoms with Gasteiger partial charge in [0.15, 0.2) is 0 Å². The molecule has 5 nitrogen and oxygen atoms in total. The van der Waals surface area contributed by atoms with Crippen molar-refractivity contribution in [2.75, 3.05) is 5.32 Å². The summed E-state index contributed by atoms with van der Waals surface area (Å²) >= 11 is 0. The van der Waals surface area contributed by atoms with E-state index >= 15 is 0 Å². The maximum Gasteiger partial charge on any atom is 0.316 e. The molecule has 0 fully saturated rings. The Kier molecular flexibility index (Phi) is 3.21. The van der Waals surface area contributed by atoms with Crippen LogP contribution in [-0.4, -0.2) is 14.4 Å². The van der Waals surface area contributed by atoms with Crippen molar-refractivity contribution in [1.82, 2.24) is 0 Å². The molecule has 0 bridgehead atoms. The van der Waals surface area contributed by atoms with Gasteiger partial charge in [-0.3, -0.25) is 0 Å². The van der Waals surface area contributed by atoms with Crippen LogP contribution in [0.5, 0.6) is 0 Å². The molecule has 0 saturated carbocycles. The standard InChI is InChI=1S/C8H9ClN2O3S/c1-5-4-6(11-8(10)12)2-3-7(5)15(9,13)14/h2-4H,1H3,(H3,10,11,12). The van der Waals surface area contributed by atoms with Gasteiger partial charge in [-0.2, -0.15) is 0 Å². The molecule has 0 atom stereocenters. The molecule has 2 amide bonds. The first-order chi connectivity index (χ1) is 6.80. The Morgan fingerprint density at radius 3 is 2.47 bits per heavy atom. The largest absolute Gasteiger partial charge is 0.351 e. The Balaban J connectivity index is 3.15. The quantitative estimate of drug-likeness (QED) is 0.776. The number of halogens is 1. The number of nitrogens with two attached hydrogens (primary N) is 1. The van der Waals surface area contributed by atoms with Crippen LogP contribution in [0.1, 0.15) is 5.56 Å². The van der Waals surface area contributed by atoms with Gasteiger partial charge in [0, 0.05) is 16.4 Å². The number of hydrogen-bond acceptors (Lipinski definition) is 3. The third kappa shape index (κ3) is 3.10. The van der Waals surface area contributed by atoms with E-state index in [1.165, 1.54) is 18.2 Å². The van der Waals surface area contributed by atoms with Gasteiger partial charge in [-0.05, 0) is 30.7 Å². The van der Waals surface area contributed by atoms with Crippen molar-refractivity contribution in [3.8, 4) is 0 Å². The fourth-order valence-electron chi connectivity index (χ4n) is 1.14. The summed E-state index contributed by atoms with van der Waals surface area (Å²) in [6.45, 7) is 1.57. The van der Waals surface area contributed by atoms with E-state index < -0.39 is 15.1 Å². The molecule has 0 heterocycles. The number of benzene rings is 1. The van der Waals surface area contributed by atoms with Gasteiger partial charge in [-0.15, -0.1) is 0 Å². The molecular formula is C8H9ClN2O3S. The van der Waals surface area contributed by atoms with Crippen molar-refractivity contribution in [3.63, 3.8) is 0 Å². The van der Waals surface area contributed by atoms with Crippen molar-refractivity contribution in [1.29, 1.82) is 0 Å². The van der Waals surface area contributed by atoms with Crippen molar-refractivity contribution in [2.45, 2.75) is 11.8 Å². The zero-order chi connectivity index (χ0) is 11.6. The van der Waals surface area contributed by atoms with E-state index in [-0.39, 0.29) is 4.90 Å². The SMILES string of the molecule is Cc1cc(NC(N)=O)ccc1S(=O)(=O)Cl. The Labute approximate surface area is 91.6 Å². The van der Waals surface area contributed by atoms with Crippen LogP contribution in [0.25, 0.3) is 0 Å². The predicted octanol–water partition coefficient (Wildman–Crippen LogP) is 1.41. The molecule has 0 saturated heterocycles. The molecule has 1 aromatic rings. The van der Waals surface area contributed by atoms with E-state index in [2.05, 4.69) is 5.32 Å². The highest BCUT2D eigenvalue weighted by Gasteiger charge is 2.13. The number of carbonyl (C=O) groups is 1. The number of carbonyl (C=O) groups excluding carboxylic acids is 1. The van der Waals surface area contributed by atoms with Crippen molar-refractivity contribution >= 4 is 31.5 Å². The summed E-state index contributed by atoms with van der Waals surface area (Å²) < 4.78 is 22.1. The molecule has 0 aliphatic heterocycles. The van der Waals surface area contributed by atoms with Gasteiger partial charge in [0.25, 0.3) is 9.05 Å². The molecular weight excluding hydrogens is 240 g/mol. The smallest absolute Gasteiger partial charge is 0.316 e. The minimum absolute atomic E-state index is 0.0131. The molecule has 1 rings (SSSR count). The molecule has 0 aliphatic carbocycles. The van der Waals surface area contributed by atoms with Gasteiger partial charge < -0.3 is 11.1 Å². The van der Waals surface area contributed by atoms with E-state index in [9.17, 15) is 13.2 Å². The lowest BCUT2D eigenvalue weighted by atomic mass is 10.2. The maximum absolute atomic E-state index is 11.0. The second-order valence-corrected chi connectivity index (χ2v) is 5.44.